The molecule has 0 bridgehead atoms. The molecule has 4 nitrogen and oxygen atoms in total. The average Bonchev–Trinajstić information content (AvgIpc) is 2.93. The number of rotatable bonds is 5. The van der Waals surface area contributed by atoms with Gasteiger partial charge in [-0.25, -0.2) is 4.98 Å². The lowest BCUT2D eigenvalue weighted by atomic mass is 10.1. The standard InChI is InChI=1S/C18H20N2O2/c1-3-12-20-16-7-5-4-6-15(16)19-18(20)17(21)13-8-10-14(22-2)11-9-13/h4-11,17,21H,3,12H2,1-2H3. The van der Waals surface area contributed by atoms with E-state index in [-0.39, 0.29) is 0 Å². The van der Waals surface area contributed by atoms with Crippen molar-refractivity contribution < 1.29 is 9.84 Å². The highest BCUT2D eigenvalue weighted by Gasteiger charge is 2.19. The van der Waals surface area contributed by atoms with Crippen LogP contribution in [0.1, 0.15) is 30.8 Å². The molecule has 3 rings (SSSR count). The van der Waals surface area contributed by atoms with E-state index >= 15 is 0 Å². The van der Waals surface area contributed by atoms with Gasteiger partial charge in [-0.05, 0) is 36.2 Å². The molecule has 0 radical (unpaired) electrons. The van der Waals surface area contributed by atoms with Crippen LogP contribution in [-0.4, -0.2) is 21.8 Å². The lowest BCUT2D eigenvalue weighted by Crippen LogP contribution is -2.10. The Hall–Kier alpha value is -2.33. The molecule has 3 aromatic rings. The second-order valence-electron chi connectivity index (χ2n) is 5.29. The van der Waals surface area contributed by atoms with E-state index < -0.39 is 6.10 Å². The first-order valence-electron chi connectivity index (χ1n) is 7.51. The minimum Gasteiger partial charge on any atom is -0.497 e. The monoisotopic (exact) mass is 296 g/mol. The van der Waals surface area contributed by atoms with E-state index in [1.165, 1.54) is 0 Å². The molecule has 0 saturated carbocycles. The molecular weight excluding hydrogens is 276 g/mol. The number of methoxy groups -OCH3 is 1. The Kier molecular flexibility index (Phi) is 4.11. The minimum atomic E-state index is -0.746. The molecule has 0 amide bonds. The molecule has 2 aromatic carbocycles. The van der Waals surface area contributed by atoms with Crippen molar-refractivity contribution in [3.63, 3.8) is 0 Å². The maximum Gasteiger partial charge on any atom is 0.143 e. The van der Waals surface area contributed by atoms with Crippen molar-refractivity contribution in [2.45, 2.75) is 26.0 Å². The predicted octanol–water partition coefficient (Wildman–Crippen LogP) is 3.54. The third-order valence-electron chi connectivity index (χ3n) is 3.81. The van der Waals surface area contributed by atoms with Gasteiger partial charge in [-0.2, -0.15) is 0 Å². The molecule has 1 aromatic heterocycles. The Morgan fingerprint density at radius 2 is 1.86 bits per heavy atom. The van der Waals surface area contributed by atoms with Crippen molar-refractivity contribution in [2.75, 3.05) is 7.11 Å². The minimum absolute atomic E-state index is 0.688. The highest BCUT2D eigenvalue weighted by Crippen LogP contribution is 2.27. The van der Waals surface area contributed by atoms with Gasteiger partial charge in [0.05, 0.1) is 18.1 Å². The van der Waals surface area contributed by atoms with E-state index in [9.17, 15) is 5.11 Å². The molecule has 1 unspecified atom stereocenters. The molecular formula is C18H20N2O2. The Labute approximate surface area is 130 Å². The van der Waals surface area contributed by atoms with E-state index in [0.717, 1.165) is 35.3 Å². The maximum absolute atomic E-state index is 10.7. The third-order valence-corrected chi connectivity index (χ3v) is 3.81. The molecule has 4 heteroatoms. The van der Waals surface area contributed by atoms with Gasteiger partial charge >= 0.3 is 0 Å². The zero-order valence-electron chi connectivity index (χ0n) is 12.9. The first-order valence-corrected chi connectivity index (χ1v) is 7.51. The highest BCUT2D eigenvalue weighted by atomic mass is 16.5. The van der Waals surface area contributed by atoms with Gasteiger partial charge in [0.15, 0.2) is 0 Å². The van der Waals surface area contributed by atoms with E-state index in [1.807, 2.05) is 48.5 Å². The fourth-order valence-corrected chi connectivity index (χ4v) is 2.70. The molecule has 0 aliphatic carbocycles. The van der Waals surface area contributed by atoms with Crippen LogP contribution in [0.2, 0.25) is 0 Å². The number of aromatic nitrogens is 2. The average molecular weight is 296 g/mol. The van der Waals surface area contributed by atoms with Crippen LogP contribution in [0.5, 0.6) is 5.75 Å². The van der Waals surface area contributed by atoms with Crippen LogP contribution in [0.15, 0.2) is 48.5 Å². The summed E-state index contributed by atoms with van der Waals surface area (Å²) in [6.07, 6.45) is 0.243. The lowest BCUT2D eigenvalue weighted by Gasteiger charge is -2.14. The topological polar surface area (TPSA) is 47.3 Å². The largest absolute Gasteiger partial charge is 0.497 e. The van der Waals surface area contributed by atoms with Gasteiger partial charge in [-0.15, -0.1) is 0 Å². The fraction of sp³-hybridized carbons (Fsp3) is 0.278. The smallest absolute Gasteiger partial charge is 0.143 e. The van der Waals surface area contributed by atoms with Crippen LogP contribution in [0.4, 0.5) is 0 Å². The van der Waals surface area contributed by atoms with Crippen molar-refractivity contribution in [3.05, 3.63) is 59.9 Å². The molecule has 22 heavy (non-hydrogen) atoms. The molecule has 1 heterocycles. The summed E-state index contributed by atoms with van der Waals surface area (Å²) in [7, 11) is 1.63. The summed E-state index contributed by atoms with van der Waals surface area (Å²) in [5.41, 5.74) is 2.79. The molecule has 1 N–H and O–H groups in total. The SMILES string of the molecule is CCCn1c(C(O)c2ccc(OC)cc2)nc2ccccc21. The molecule has 0 aliphatic heterocycles. The molecule has 0 saturated heterocycles. The van der Waals surface area contributed by atoms with Crippen LogP contribution >= 0.6 is 0 Å². The summed E-state index contributed by atoms with van der Waals surface area (Å²) in [6, 6.07) is 15.4. The summed E-state index contributed by atoms with van der Waals surface area (Å²) in [6.45, 7) is 2.96. The van der Waals surface area contributed by atoms with Crippen molar-refractivity contribution in [2.24, 2.45) is 0 Å². The first kappa shape index (κ1) is 14.6. The van der Waals surface area contributed by atoms with Crippen LogP contribution in [-0.2, 0) is 6.54 Å². The van der Waals surface area contributed by atoms with Crippen LogP contribution in [0.25, 0.3) is 11.0 Å². The summed E-state index contributed by atoms with van der Waals surface area (Å²) < 4.78 is 7.26. The van der Waals surface area contributed by atoms with Crippen LogP contribution in [0, 0.1) is 0 Å². The van der Waals surface area contributed by atoms with Crippen LogP contribution in [0.3, 0.4) is 0 Å². The molecule has 0 aliphatic rings. The quantitative estimate of drug-likeness (QED) is 0.783. The van der Waals surface area contributed by atoms with Gasteiger partial charge in [0.1, 0.15) is 17.7 Å². The van der Waals surface area contributed by atoms with Gasteiger partial charge in [-0.1, -0.05) is 31.2 Å². The number of aryl methyl sites for hydroxylation is 1. The Balaban J connectivity index is 2.05. The maximum atomic E-state index is 10.7. The first-order chi connectivity index (χ1) is 10.7. The molecule has 0 spiro atoms. The summed E-state index contributed by atoms with van der Waals surface area (Å²) >= 11 is 0. The number of para-hydroxylation sites is 2. The molecule has 1 atom stereocenters. The summed E-state index contributed by atoms with van der Waals surface area (Å²) in [4.78, 5) is 4.63. The number of hydrogen-bond acceptors (Lipinski definition) is 3. The fourth-order valence-electron chi connectivity index (χ4n) is 2.70. The van der Waals surface area contributed by atoms with Crippen LogP contribution < -0.4 is 4.74 Å². The van der Waals surface area contributed by atoms with Crippen molar-refractivity contribution in [1.29, 1.82) is 0 Å². The number of benzene rings is 2. The van der Waals surface area contributed by atoms with E-state index in [2.05, 4.69) is 16.5 Å². The van der Waals surface area contributed by atoms with E-state index in [0.29, 0.717) is 5.82 Å². The zero-order chi connectivity index (χ0) is 15.5. The zero-order valence-corrected chi connectivity index (χ0v) is 12.9. The second-order valence-corrected chi connectivity index (χ2v) is 5.29. The number of fused-ring (bicyclic) bond motifs is 1. The number of aliphatic hydroxyl groups is 1. The van der Waals surface area contributed by atoms with Gasteiger partial charge in [0.2, 0.25) is 0 Å². The van der Waals surface area contributed by atoms with Gasteiger partial charge in [0.25, 0.3) is 0 Å². The third kappa shape index (κ3) is 2.57. The van der Waals surface area contributed by atoms with Crippen molar-refractivity contribution >= 4 is 11.0 Å². The number of hydrogen-bond donors (Lipinski definition) is 1. The number of ether oxygens (including phenoxy) is 1. The normalized spacial score (nSPS) is 12.5. The van der Waals surface area contributed by atoms with E-state index in [4.69, 9.17) is 4.74 Å². The van der Waals surface area contributed by atoms with E-state index in [1.54, 1.807) is 7.11 Å². The number of aliphatic hydroxyl groups excluding tert-OH is 1. The van der Waals surface area contributed by atoms with Gasteiger partial charge < -0.3 is 14.4 Å². The summed E-state index contributed by atoms with van der Waals surface area (Å²) in [5, 5.41) is 10.7. The Morgan fingerprint density at radius 1 is 1.14 bits per heavy atom. The Bertz CT molecular complexity index is 762. The predicted molar refractivity (Wildman–Crippen MR) is 87.1 cm³/mol. The highest BCUT2D eigenvalue weighted by molar-refractivity contribution is 5.76. The lowest BCUT2D eigenvalue weighted by molar-refractivity contribution is 0.205. The second kappa shape index (κ2) is 6.20. The van der Waals surface area contributed by atoms with Gasteiger partial charge in [-0.3, -0.25) is 0 Å². The molecule has 114 valence electrons. The Morgan fingerprint density at radius 3 is 2.55 bits per heavy atom. The van der Waals surface area contributed by atoms with Crippen molar-refractivity contribution in [1.82, 2.24) is 9.55 Å². The van der Waals surface area contributed by atoms with Crippen molar-refractivity contribution in [3.8, 4) is 5.75 Å². The number of nitrogens with zero attached hydrogens (tertiary/aromatic N) is 2. The van der Waals surface area contributed by atoms with Gasteiger partial charge in [0, 0.05) is 6.54 Å². The number of imidazole rings is 1. The summed E-state index contributed by atoms with van der Waals surface area (Å²) in [5.74, 6) is 1.46. The molecule has 0 fully saturated rings.